The van der Waals surface area contributed by atoms with Crippen LogP contribution in [-0.4, -0.2) is 97.0 Å². The summed E-state index contributed by atoms with van der Waals surface area (Å²) < 4.78 is 48.8. The number of likely N-dealkylation sites (tertiary alicyclic amines) is 1. The van der Waals surface area contributed by atoms with Gasteiger partial charge in [-0.1, -0.05) is 24.3 Å². The van der Waals surface area contributed by atoms with Crippen molar-refractivity contribution in [1.29, 1.82) is 0 Å². The first-order valence-electron chi connectivity index (χ1n) is 20.9. The SMILES string of the molecule is CNC(=O)c1ccccc1Nc1cc(Nc2cc(C)c(N3CCN(C4CCN(Cc5ccc(NC6CCC(=O)NC6=O)cc5)CC4)CC3)cc2OC(C)C)ncc1C(F)(F)F. The number of piperazine rings is 1. The highest BCUT2D eigenvalue weighted by molar-refractivity contribution is 6.01. The summed E-state index contributed by atoms with van der Waals surface area (Å²) in [5, 5.41) is 14.2. The largest absolute Gasteiger partial charge is 0.489 e. The molecule has 1 unspecified atom stereocenters. The maximum Gasteiger partial charge on any atom is 0.419 e. The second-order valence-corrected chi connectivity index (χ2v) is 16.2. The number of amides is 3. The van der Waals surface area contributed by atoms with E-state index in [4.69, 9.17) is 4.74 Å². The van der Waals surface area contributed by atoms with E-state index in [1.54, 1.807) is 18.2 Å². The van der Waals surface area contributed by atoms with Crippen LogP contribution in [0.25, 0.3) is 0 Å². The molecule has 61 heavy (non-hydrogen) atoms. The monoisotopic (exact) mass is 841 g/mol. The number of alkyl halides is 3. The van der Waals surface area contributed by atoms with E-state index >= 15 is 0 Å². The van der Waals surface area contributed by atoms with E-state index in [9.17, 15) is 27.6 Å². The van der Waals surface area contributed by atoms with Gasteiger partial charge in [-0.25, -0.2) is 4.98 Å². The maximum absolute atomic E-state index is 14.2. The molecule has 4 heterocycles. The first kappa shape index (κ1) is 43.2. The molecule has 1 atom stereocenters. The number of carbonyl (C=O) groups excluding carboxylic acids is 3. The molecule has 16 heteroatoms. The van der Waals surface area contributed by atoms with Crippen molar-refractivity contribution in [2.45, 2.75) is 77.4 Å². The Hall–Kier alpha value is -5.87. The average Bonchev–Trinajstić information content (AvgIpc) is 3.23. The van der Waals surface area contributed by atoms with Gasteiger partial charge in [-0.05, 0) is 94.6 Å². The summed E-state index contributed by atoms with van der Waals surface area (Å²) in [6.45, 7) is 12.3. The number of aromatic nitrogens is 1. The van der Waals surface area contributed by atoms with Crippen molar-refractivity contribution in [3.05, 3.63) is 95.2 Å². The van der Waals surface area contributed by atoms with E-state index in [-0.39, 0.29) is 40.7 Å². The molecule has 3 fully saturated rings. The van der Waals surface area contributed by atoms with E-state index in [0.717, 1.165) is 81.8 Å². The Morgan fingerprint density at radius 1 is 0.902 bits per heavy atom. The van der Waals surface area contributed by atoms with Crippen LogP contribution >= 0.6 is 0 Å². The summed E-state index contributed by atoms with van der Waals surface area (Å²) in [7, 11) is 1.46. The fourth-order valence-electron chi connectivity index (χ4n) is 8.30. The van der Waals surface area contributed by atoms with Crippen LogP contribution in [0.1, 0.15) is 66.6 Å². The van der Waals surface area contributed by atoms with Crippen molar-refractivity contribution in [2.75, 3.05) is 67.2 Å². The van der Waals surface area contributed by atoms with E-state index in [2.05, 4.69) is 58.4 Å². The Morgan fingerprint density at radius 3 is 2.30 bits per heavy atom. The van der Waals surface area contributed by atoms with Gasteiger partial charge in [-0.3, -0.25) is 29.5 Å². The molecule has 3 aliphatic heterocycles. The molecule has 7 rings (SSSR count). The standard InChI is InChI=1S/C45H54F3N9O4/c1-28(2)61-40-25-39(29(3)23-38(40)53-41-24-37(34(26-50-41)45(46,47)48)52-35-8-6-5-7-33(35)43(59)49-4)57-21-19-56(20-22-57)32-15-17-55(18-16-32)27-30-9-11-31(12-10-30)51-36-13-14-42(58)54-44(36)60/h5-12,23-26,28,32,36,51H,13-22,27H2,1-4H3,(H,49,59)(H2,50,52,53)(H,54,58,60). The predicted molar refractivity (Wildman–Crippen MR) is 231 cm³/mol. The highest BCUT2D eigenvalue weighted by Gasteiger charge is 2.35. The zero-order valence-electron chi connectivity index (χ0n) is 35.0. The van der Waals surface area contributed by atoms with Crippen LogP contribution < -0.4 is 36.2 Å². The molecule has 0 saturated carbocycles. The molecule has 4 aromatic rings. The molecule has 3 amide bonds. The Bertz CT molecular complexity index is 2200. The summed E-state index contributed by atoms with van der Waals surface area (Å²) in [5.41, 5.74) is 3.90. The number of hydrogen-bond donors (Lipinski definition) is 5. The number of hydrogen-bond acceptors (Lipinski definition) is 11. The minimum Gasteiger partial charge on any atom is -0.489 e. The number of para-hydroxylation sites is 1. The lowest BCUT2D eigenvalue weighted by atomic mass is 10.0. The minimum absolute atomic E-state index is 0.167. The highest BCUT2D eigenvalue weighted by atomic mass is 19.4. The number of benzene rings is 3. The van der Waals surface area contributed by atoms with E-state index in [1.807, 2.05) is 45.0 Å². The molecular weight excluding hydrogens is 788 g/mol. The number of piperidine rings is 2. The number of rotatable bonds is 13. The highest BCUT2D eigenvalue weighted by Crippen LogP contribution is 2.40. The van der Waals surface area contributed by atoms with Crippen molar-refractivity contribution >= 4 is 52.0 Å². The van der Waals surface area contributed by atoms with Crippen molar-refractivity contribution in [2.24, 2.45) is 0 Å². The molecule has 0 aliphatic carbocycles. The number of nitrogens with one attached hydrogen (secondary N) is 5. The Labute approximate surface area is 354 Å². The maximum atomic E-state index is 14.2. The zero-order valence-corrected chi connectivity index (χ0v) is 35.0. The van der Waals surface area contributed by atoms with Gasteiger partial charge in [-0.2, -0.15) is 13.2 Å². The van der Waals surface area contributed by atoms with Crippen LogP contribution in [0.3, 0.4) is 0 Å². The van der Waals surface area contributed by atoms with Crippen LogP contribution in [0.2, 0.25) is 0 Å². The summed E-state index contributed by atoms with van der Waals surface area (Å²) in [6.07, 6.45) is -1.06. The first-order chi connectivity index (χ1) is 29.2. The first-order valence-corrected chi connectivity index (χ1v) is 20.9. The fraction of sp³-hybridized carbons (Fsp3) is 0.422. The van der Waals surface area contributed by atoms with Gasteiger partial charge < -0.3 is 30.9 Å². The summed E-state index contributed by atoms with van der Waals surface area (Å²) in [4.78, 5) is 47.7. The third kappa shape index (κ3) is 10.7. The quantitative estimate of drug-likeness (QED) is 0.0885. The molecule has 324 valence electrons. The van der Waals surface area contributed by atoms with Gasteiger partial charge in [0, 0.05) is 81.9 Å². The van der Waals surface area contributed by atoms with Gasteiger partial charge >= 0.3 is 6.18 Å². The third-order valence-corrected chi connectivity index (χ3v) is 11.5. The summed E-state index contributed by atoms with van der Waals surface area (Å²) >= 11 is 0. The van der Waals surface area contributed by atoms with E-state index < -0.39 is 23.7 Å². The molecule has 3 aromatic carbocycles. The topological polar surface area (TPSA) is 143 Å². The molecule has 1 aromatic heterocycles. The van der Waals surface area contributed by atoms with Crippen LogP contribution in [-0.2, 0) is 22.3 Å². The third-order valence-electron chi connectivity index (χ3n) is 11.5. The lowest BCUT2D eigenvalue weighted by Gasteiger charge is -2.43. The minimum atomic E-state index is -4.70. The molecule has 13 nitrogen and oxygen atoms in total. The molecule has 0 bridgehead atoms. The number of nitrogens with zero attached hydrogens (tertiary/aromatic N) is 4. The molecular formula is C45H54F3N9O4. The van der Waals surface area contributed by atoms with Crippen molar-refractivity contribution in [1.82, 2.24) is 25.4 Å². The Kier molecular flexibility index (Phi) is 13.3. The molecule has 0 radical (unpaired) electrons. The zero-order chi connectivity index (χ0) is 43.3. The van der Waals surface area contributed by atoms with Crippen molar-refractivity contribution < 1.29 is 32.3 Å². The normalized spacial score (nSPS) is 18.2. The van der Waals surface area contributed by atoms with Crippen molar-refractivity contribution in [3.63, 3.8) is 0 Å². The molecule has 3 aliphatic rings. The lowest BCUT2D eigenvalue weighted by Crippen LogP contribution is -2.53. The smallest absolute Gasteiger partial charge is 0.419 e. The van der Waals surface area contributed by atoms with Gasteiger partial charge in [0.05, 0.1) is 34.3 Å². The van der Waals surface area contributed by atoms with Crippen molar-refractivity contribution in [3.8, 4) is 5.75 Å². The van der Waals surface area contributed by atoms with Gasteiger partial charge in [0.25, 0.3) is 5.91 Å². The number of carbonyl (C=O) groups is 3. The lowest BCUT2D eigenvalue weighted by molar-refractivity contribution is -0.137. The molecule has 0 spiro atoms. The van der Waals surface area contributed by atoms with Crippen LogP contribution in [0.5, 0.6) is 5.75 Å². The van der Waals surface area contributed by atoms with E-state index in [1.165, 1.54) is 24.7 Å². The van der Waals surface area contributed by atoms with Gasteiger partial charge in [-0.15, -0.1) is 0 Å². The van der Waals surface area contributed by atoms with E-state index in [0.29, 0.717) is 30.3 Å². The predicted octanol–water partition coefficient (Wildman–Crippen LogP) is 7.05. The fourth-order valence-corrected chi connectivity index (χ4v) is 8.30. The summed E-state index contributed by atoms with van der Waals surface area (Å²) in [5.74, 6) is -0.199. The number of ether oxygens (including phenoxy) is 1. The van der Waals surface area contributed by atoms with Gasteiger partial charge in [0.1, 0.15) is 17.6 Å². The van der Waals surface area contributed by atoms with Gasteiger partial charge in [0.2, 0.25) is 11.8 Å². The number of anilines is 6. The molecule has 5 N–H and O–H groups in total. The second kappa shape index (κ2) is 18.8. The summed E-state index contributed by atoms with van der Waals surface area (Å²) in [6, 6.07) is 19.9. The van der Waals surface area contributed by atoms with Gasteiger partial charge in [0.15, 0.2) is 0 Å². The Balaban J connectivity index is 0.962. The number of aryl methyl sites for hydroxylation is 1. The average molecular weight is 842 g/mol. The number of imide groups is 1. The number of pyridine rings is 1. The Morgan fingerprint density at radius 2 is 1.62 bits per heavy atom. The second-order valence-electron chi connectivity index (χ2n) is 16.2. The van der Waals surface area contributed by atoms with Crippen LogP contribution in [0, 0.1) is 6.92 Å². The van der Waals surface area contributed by atoms with Crippen LogP contribution in [0.15, 0.2) is 72.9 Å². The number of halogens is 3. The molecule has 3 saturated heterocycles. The van der Waals surface area contributed by atoms with Crippen LogP contribution in [0.4, 0.5) is 47.4 Å².